The van der Waals surface area contributed by atoms with E-state index in [0.717, 1.165) is 23.1 Å². The Morgan fingerprint density at radius 2 is 2.24 bits per heavy atom. The van der Waals surface area contributed by atoms with Gasteiger partial charge in [0.2, 0.25) is 5.91 Å². The van der Waals surface area contributed by atoms with Crippen LogP contribution in [-0.4, -0.2) is 30.9 Å². The molecule has 4 heteroatoms. The molecule has 0 fully saturated rings. The molecule has 0 saturated heterocycles. The van der Waals surface area contributed by atoms with Gasteiger partial charge in [-0.1, -0.05) is 35.0 Å². The molecule has 1 aromatic carbocycles. The van der Waals surface area contributed by atoms with E-state index in [2.05, 4.69) is 21.2 Å². The number of carbonyl (C=O) groups is 1. The molecule has 0 radical (unpaired) electrons. The van der Waals surface area contributed by atoms with Gasteiger partial charge in [-0.2, -0.15) is 0 Å². The monoisotopic (exact) mass is 298 g/mol. The number of hydrogen-bond donors (Lipinski definition) is 1. The first-order chi connectivity index (χ1) is 8.13. The lowest BCUT2D eigenvalue weighted by Crippen LogP contribution is -2.29. The summed E-state index contributed by atoms with van der Waals surface area (Å²) in [7, 11) is 1.84. The number of carbonyl (C=O) groups excluding carboxylic acids is 1. The molecule has 1 N–H and O–H groups in total. The first kappa shape index (κ1) is 14.2. The second kappa shape index (κ2) is 7.45. The Balaban J connectivity index is 2.43. The van der Waals surface area contributed by atoms with Gasteiger partial charge in [-0.15, -0.1) is 0 Å². The SMILES string of the molecule is CCNCCC(=O)N(C)Cc1cccc(Br)c1. The average Bonchev–Trinajstić information content (AvgIpc) is 2.29. The van der Waals surface area contributed by atoms with E-state index < -0.39 is 0 Å². The van der Waals surface area contributed by atoms with Gasteiger partial charge in [0.1, 0.15) is 0 Å². The largest absolute Gasteiger partial charge is 0.341 e. The zero-order chi connectivity index (χ0) is 12.7. The highest BCUT2D eigenvalue weighted by atomic mass is 79.9. The van der Waals surface area contributed by atoms with E-state index in [0.29, 0.717) is 13.0 Å². The van der Waals surface area contributed by atoms with Crippen molar-refractivity contribution in [2.75, 3.05) is 20.1 Å². The Morgan fingerprint density at radius 3 is 2.88 bits per heavy atom. The van der Waals surface area contributed by atoms with Gasteiger partial charge in [0.15, 0.2) is 0 Å². The molecule has 0 heterocycles. The van der Waals surface area contributed by atoms with Crippen LogP contribution in [0.4, 0.5) is 0 Å². The molecule has 1 aromatic rings. The molecule has 0 aliphatic carbocycles. The van der Waals surface area contributed by atoms with E-state index in [1.54, 1.807) is 4.90 Å². The third-order valence-electron chi connectivity index (χ3n) is 2.50. The highest BCUT2D eigenvalue weighted by molar-refractivity contribution is 9.10. The van der Waals surface area contributed by atoms with Crippen molar-refractivity contribution in [3.63, 3.8) is 0 Å². The Morgan fingerprint density at radius 1 is 1.47 bits per heavy atom. The van der Waals surface area contributed by atoms with Gasteiger partial charge in [0, 0.05) is 31.0 Å². The van der Waals surface area contributed by atoms with Crippen molar-refractivity contribution < 1.29 is 4.79 Å². The fourth-order valence-electron chi connectivity index (χ4n) is 1.56. The lowest BCUT2D eigenvalue weighted by atomic mass is 10.2. The van der Waals surface area contributed by atoms with Crippen LogP contribution in [0.3, 0.4) is 0 Å². The summed E-state index contributed by atoms with van der Waals surface area (Å²) in [6.45, 7) is 4.35. The normalized spacial score (nSPS) is 10.3. The molecule has 0 spiro atoms. The van der Waals surface area contributed by atoms with E-state index in [-0.39, 0.29) is 5.91 Å². The summed E-state index contributed by atoms with van der Waals surface area (Å²) in [4.78, 5) is 13.5. The van der Waals surface area contributed by atoms with Gasteiger partial charge in [0.25, 0.3) is 0 Å². The number of nitrogens with one attached hydrogen (secondary N) is 1. The summed E-state index contributed by atoms with van der Waals surface area (Å²) in [5.74, 6) is 0.172. The van der Waals surface area contributed by atoms with Gasteiger partial charge in [-0.3, -0.25) is 4.79 Å². The molecule has 0 unspecified atom stereocenters. The Labute approximate surface area is 111 Å². The second-order valence-corrected chi connectivity index (χ2v) is 4.90. The third-order valence-corrected chi connectivity index (χ3v) is 2.99. The van der Waals surface area contributed by atoms with E-state index in [4.69, 9.17) is 0 Å². The summed E-state index contributed by atoms with van der Waals surface area (Å²) in [5.41, 5.74) is 1.14. The minimum absolute atomic E-state index is 0.172. The summed E-state index contributed by atoms with van der Waals surface area (Å²) in [5, 5.41) is 3.15. The summed E-state index contributed by atoms with van der Waals surface area (Å²) in [6, 6.07) is 8.03. The van der Waals surface area contributed by atoms with Crippen molar-refractivity contribution in [3.8, 4) is 0 Å². The molecular weight excluding hydrogens is 280 g/mol. The van der Waals surface area contributed by atoms with Crippen molar-refractivity contribution in [3.05, 3.63) is 34.3 Å². The average molecular weight is 299 g/mol. The zero-order valence-corrected chi connectivity index (χ0v) is 12.0. The minimum atomic E-state index is 0.172. The summed E-state index contributed by atoms with van der Waals surface area (Å²) >= 11 is 3.43. The van der Waals surface area contributed by atoms with Crippen molar-refractivity contribution in [2.45, 2.75) is 19.9 Å². The van der Waals surface area contributed by atoms with Crippen molar-refractivity contribution >= 4 is 21.8 Å². The maximum atomic E-state index is 11.8. The number of benzene rings is 1. The van der Waals surface area contributed by atoms with Crippen LogP contribution in [0.2, 0.25) is 0 Å². The Hall–Kier alpha value is -0.870. The maximum absolute atomic E-state index is 11.8. The molecule has 0 aliphatic heterocycles. The molecule has 17 heavy (non-hydrogen) atoms. The number of hydrogen-bond acceptors (Lipinski definition) is 2. The lowest BCUT2D eigenvalue weighted by molar-refractivity contribution is -0.130. The standard InChI is InChI=1S/C13H19BrN2O/c1-3-15-8-7-13(17)16(2)10-11-5-4-6-12(14)9-11/h4-6,9,15H,3,7-8,10H2,1-2H3. The van der Waals surface area contributed by atoms with E-state index >= 15 is 0 Å². The van der Waals surface area contributed by atoms with Crippen LogP contribution in [0.1, 0.15) is 18.9 Å². The Bertz CT molecular complexity index is 368. The van der Waals surface area contributed by atoms with Gasteiger partial charge in [0.05, 0.1) is 0 Å². The predicted molar refractivity (Wildman–Crippen MR) is 73.8 cm³/mol. The van der Waals surface area contributed by atoms with Gasteiger partial charge < -0.3 is 10.2 Å². The van der Waals surface area contributed by atoms with Crippen molar-refractivity contribution in [1.82, 2.24) is 10.2 Å². The van der Waals surface area contributed by atoms with Crippen LogP contribution in [0.25, 0.3) is 0 Å². The molecule has 1 amide bonds. The molecule has 0 bridgehead atoms. The highest BCUT2D eigenvalue weighted by Crippen LogP contribution is 2.13. The number of nitrogens with zero attached hydrogens (tertiary/aromatic N) is 1. The second-order valence-electron chi connectivity index (χ2n) is 3.98. The van der Waals surface area contributed by atoms with Crippen LogP contribution >= 0.6 is 15.9 Å². The topological polar surface area (TPSA) is 32.3 Å². The third kappa shape index (κ3) is 5.33. The smallest absolute Gasteiger partial charge is 0.223 e. The van der Waals surface area contributed by atoms with Crippen LogP contribution in [-0.2, 0) is 11.3 Å². The minimum Gasteiger partial charge on any atom is -0.341 e. The molecule has 1 rings (SSSR count). The van der Waals surface area contributed by atoms with E-state index in [1.807, 2.05) is 38.2 Å². The molecule has 0 aliphatic rings. The summed E-state index contributed by atoms with van der Waals surface area (Å²) in [6.07, 6.45) is 0.554. The lowest BCUT2D eigenvalue weighted by Gasteiger charge is -2.17. The number of rotatable bonds is 6. The highest BCUT2D eigenvalue weighted by Gasteiger charge is 2.08. The quantitative estimate of drug-likeness (QED) is 0.818. The van der Waals surface area contributed by atoms with E-state index in [1.165, 1.54) is 0 Å². The van der Waals surface area contributed by atoms with Crippen LogP contribution in [0.5, 0.6) is 0 Å². The fourth-order valence-corrected chi connectivity index (χ4v) is 2.01. The Kier molecular flexibility index (Phi) is 6.22. The fraction of sp³-hybridized carbons (Fsp3) is 0.462. The molecule has 94 valence electrons. The zero-order valence-electron chi connectivity index (χ0n) is 10.4. The van der Waals surface area contributed by atoms with Crippen LogP contribution in [0.15, 0.2) is 28.7 Å². The van der Waals surface area contributed by atoms with Crippen molar-refractivity contribution in [1.29, 1.82) is 0 Å². The number of halogens is 1. The van der Waals surface area contributed by atoms with Crippen LogP contribution < -0.4 is 5.32 Å². The molecule has 0 atom stereocenters. The van der Waals surface area contributed by atoms with Gasteiger partial charge in [-0.25, -0.2) is 0 Å². The predicted octanol–water partition coefficient (Wildman–Crippen LogP) is 2.41. The van der Waals surface area contributed by atoms with Gasteiger partial charge >= 0.3 is 0 Å². The molecule has 3 nitrogen and oxygen atoms in total. The van der Waals surface area contributed by atoms with Crippen LogP contribution in [0, 0.1) is 0 Å². The number of amides is 1. The van der Waals surface area contributed by atoms with Gasteiger partial charge in [-0.05, 0) is 24.2 Å². The maximum Gasteiger partial charge on any atom is 0.223 e. The first-order valence-corrected chi connectivity index (χ1v) is 6.62. The summed E-state index contributed by atoms with van der Waals surface area (Å²) < 4.78 is 1.04. The first-order valence-electron chi connectivity index (χ1n) is 5.82. The molecular formula is C13H19BrN2O. The molecule has 0 saturated carbocycles. The van der Waals surface area contributed by atoms with E-state index in [9.17, 15) is 4.79 Å². The van der Waals surface area contributed by atoms with Crippen molar-refractivity contribution in [2.24, 2.45) is 0 Å². The molecule has 0 aromatic heterocycles.